The van der Waals surface area contributed by atoms with Crippen molar-refractivity contribution in [3.8, 4) is 0 Å². The summed E-state index contributed by atoms with van der Waals surface area (Å²) in [6.07, 6.45) is 69.4. The van der Waals surface area contributed by atoms with E-state index in [0.717, 1.165) is 102 Å². The number of unbranched alkanes of at least 4 members (excludes halogenated alkanes) is 54. The predicted octanol–water partition coefficient (Wildman–Crippen LogP) is 26.2. The molecule has 3 N–H and O–H groups in total. The van der Waals surface area contributed by atoms with Crippen molar-refractivity contribution in [3.05, 3.63) is 0 Å². The maximum absolute atomic E-state index is 13.1. The normalized spacial score (nSPS) is 14.1. The molecule has 0 aliphatic heterocycles. The third-order valence-corrected chi connectivity index (χ3v) is 22.5. The van der Waals surface area contributed by atoms with Crippen LogP contribution in [0.4, 0.5) is 0 Å². The fourth-order valence-corrected chi connectivity index (χ4v) is 15.0. The second kappa shape index (κ2) is 77.4. The highest BCUT2D eigenvalue weighted by Crippen LogP contribution is 2.45. The van der Waals surface area contributed by atoms with Gasteiger partial charge in [0.05, 0.1) is 26.4 Å². The maximum atomic E-state index is 13.1. The molecule has 0 aliphatic carbocycles. The van der Waals surface area contributed by atoms with Crippen LogP contribution in [0, 0.1) is 11.8 Å². The Morgan fingerprint density at radius 1 is 0.276 bits per heavy atom. The summed E-state index contributed by atoms with van der Waals surface area (Å²) in [6.45, 7) is 9.70. The number of esters is 4. The van der Waals surface area contributed by atoms with E-state index in [9.17, 15) is 43.2 Å². The van der Waals surface area contributed by atoms with E-state index in [-0.39, 0.29) is 25.7 Å². The van der Waals surface area contributed by atoms with Gasteiger partial charge >= 0.3 is 39.5 Å². The van der Waals surface area contributed by atoms with Crippen molar-refractivity contribution in [2.75, 3.05) is 39.6 Å². The summed E-state index contributed by atoms with van der Waals surface area (Å²) in [6, 6.07) is 0. The zero-order valence-electron chi connectivity index (χ0n) is 69.0. The summed E-state index contributed by atoms with van der Waals surface area (Å²) in [7, 11) is -9.93. The van der Waals surface area contributed by atoms with Crippen LogP contribution in [0.25, 0.3) is 0 Å². The van der Waals surface area contributed by atoms with Crippen LogP contribution in [0.1, 0.15) is 459 Å². The molecule has 0 aromatic rings. The SMILES string of the molecule is CCCCCCCCCCCCCCCCCCCCCCCCC(=O)O[C@H](COC(=O)CCCCCCCCCCCCCCCCC(C)C)COP(=O)(O)OC[C@@H](O)COP(=O)(O)OC[C@@H](COC(=O)CCCCCCCCCCC(C)CC)OC(=O)CCCCCCCCCCCCCCCC. The van der Waals surface area contributed by atoms with Crippen molar-refractivity contribution >= 4 is 39.5 Å². The highest BCUT2D eigenvalue weighted by atomic mass is 31.2. The molecule has 105 heavy (non-hydrogen) atoms. The molecule has 0 fully saturated rings. The Bertz CT molecular complexity index is 2010. The molecular formula is C86H168O17P2. The minimum atomic E-state index is -4.97. The number of aliphatic hydroxyl groups is 1. The van der Waals surface area contributed by atoms with Gasteiger partial charge in [-0.1, -0.05) is 408 Å². The van der Waals surface area contributed by atoms with Gasteiger partial charge in [0.1, 0.15) is 19.3 Å². The number of carbonyl (C=O) groups is 4. The van der Waals surface area contributed by atoms with Crippen molar-refractivity contribution in [2.24, 2.45) is 11.8 Å². The average molecular weight is 1540 g/mol. The highest BCUT2D eigenvalue weighted by Gasteiger charge is 2.30. The number of hydrogen-bond donors (Lipinski definition) is 3. The van der Waals surface area contributed by atoms with Gasteiger partial charge in [-0.05, 0) is 37.5 Å². The van der Waals surface area contributed by atoms with Crippen molar-refractivity contribution < 1.29 is 80.2 Å². The summed E-state index contributed by atoms with van der Waals surface area (Å²) >= 11 is 0. The zero-order chi connectivity index (χ0) is 77.1. The third-order valence-electron chi connectivity index (χ3n) is 20.6. The van der Waals surface area contributed by atoms with Gasteiger partial charge in [0.15, 0.2) is 12.2 Å². The minimum Gasteiger partial charge on any atom is -0.462 e. The quantitative estimate of drug-likeness (QED) is 0.0222. The van der Waals surface area contributed by atoms with Crippen LogP contribution in [-0.4, -0.2) is 96.7 Å². The molecule has 0 aromatic heterocycles. The van der Waals surface area contributed by atoms with E-state index in [1.165, 1.54) is 276 Å². The largest absolute Gasteiger partial charge is 0.472 e. The molecule has 0 aliphatic rings. The monoisotopic (exact) mass is 1540 g/mol. The first-order valence-electron chi connectivity index (χ1n) is 44.5. The van der Waals surface area contributed by atoms with Crippen LogP contribution in [0.3, 0.4) is 0 Å². The number of ether oxygens (including phenoxy) is 4. The van der Waals surface area contributed by atoms with Gasteiger partial charge in [-0.3, -0.25) is 37.3 Å². The molecule has 0 rings (SSSR count). The molecule has 17 nitrogen and oxygen atoms in total. The topological polar surface area (TPSA) is 237 Å². The van der Waals surface area contributed by atoms with Gasteiger partial charge in [-0.15, -0.1) is 0 Å². The van der Waals surface area contributed by atoms with Crippen LogP contribution < -0.4 is 0 Å². The molecule has 0 bridgehead atoms. The first-order chi connectivity index (χ1) is 50.9. The standard InChI is InChI=1S/C86H168O17P2/c1-7-10-12-14-16-18-20-22-24-25-26-27-28-29-30-31-37-41-45-53-59-65-71-86(91)102-81(74-96-83(88)68-62-56-50-43-39-36-33-32-34-38-42-48-54-60-66-78(4)5)76-100-104(92,93)98-72-80(87)73-99-105(94,95)101-77-82(75-97-84(89)69-63-57-51-47-46-49-55-61-67-79(6)9-3)103-85(90)70-64-58-52-44-40-35-23-21-19-17-15-13-11-8-2/h78-82,87H,7-77H2,1-6H3,(H,92,93)(H,94,95)/t79?,80-,81-,82-/m1/s1. The Labute approximate surface area is 645 Å². The van der Waals surface area contributed by atoms with E-state index in [0.29, 0.717) is 25.7 Å². The van der Waals surface area contributed by atoms with Gasteiger partial charge in [0.2, 0.25) is 0 Å². The van der Waals surface area contributed by atoms with E-state index in [2.05, 4.69) is 41.5 Å². The van der Waals surface area contributed by atoms with E-state index >= 15 is 0 Å². The lowest BCUT2D eigenvalue weighted by atomic mass is 9.99. The molecule has 0 aromatic carbocycles. The molecule has 0 heterocycles. The lowest BCUT2D eigenvalue weighted by Crippen LogP contribution is -2.30. The smallest absolute Gasteiger partial charge is 0.462 e. The lowest BCUT2D eigenvalue weighted by Gasteiger charge is -2.21. The number of rotatable bonds is 85. The van der Waals surface area contributed by atoms with Crippen molar-refractivity contribution in [1.29, 1.82) is 0 Å². The first kappa shape index (κ1) is 103. The maximum Gasteiger partial charge on any atom is 0.472 e. The molecule has 19 heteroatoms. The molecule has 0 spiro atoms. The fraction of sp³-hybridized carbons (Fsp3) is 0.953. The number of phosphoric acid groups is 2. The van der Waals surface area contributed by atoms with Crippen molar-refractivity contribution in [1.82, 2.24) is 0 Å². The number of hydrogen-bond acceptors (Lipinski definition) is 15. The summed E-state index contributed by atoms with van der Waals surface area (Å²) in [5.74, 6) is -0.525. The Morgan fingerprint density at radius 2 is 0.486 bits per heavy atom. The summed E-state index contributed by atoms with van der Waals surface area (Å²) < 4.78 is 68.9. The molecule has 0 radical (unpaired) electrons. The predicted molar refractivity (Wildman–Crippen MR) is 432 cm³/mol. The summed E-state index contributed by atoms with van der Waals surface area (Å²) in [5.41, 5.74) is 0. The molecule has 0 saturated heterocycles. The Morgan fingerprint density at radius 3 is 0.724 bits per heavy atom. The van der Waals surface area contributed by atoms with E-state index in [1.54, 1.807) is 0 Å². The second-order valence-corrected chi connectivity index (χ2v) is 34.6. The molecule has 6 atom stereocenters. The van der Waals surface area contributed by atoms with E-state index in [4.69, 9.17) is 37.0 Å². The molecule has 3 unspecified atom stereocenters. The third kappa shape index (κ3) is 78.5. The van der Waals surface area contributed by atoms with Gasteiger partial charge in [0, 0.05) is 25.7 Å². The first-order valence-corrected chi connectivity index (χ1v) is 47.5. The molecule has 624 valence electrons. The van der Waals surface area contributed by atoms with E-state index < -0.39 is 97.5 Å². The van der Waals surface area contributed by atoms with Crippen LogP contribution in [0.2, 0.25) is 0 Å². The molecule has 0 saturated carbocycles. The van der Waals surface area contributed by atoms with Gasteiger partial charge in [0.25, 0.3) is 0 Å². The molecular weight excluding hydrogens is 1370 g/mol. The van der Waals surface area contributed by atoms with Crippen LogP contribution in [0.15, 0.2) is 0 Å². The second-order valence-electron chi connectivity index (χ2n) is 31.6. The zero-order valence-corrected chi connectivity index (χ0v) is 70.8. The van der Waals surface area contributed by atoms with Crippen molar-refractivity contribution in [3.63, 3.8) is 0 Å². The van der Waals surface area contributed by atoms with Gasteiger partial charge < -0.3 is 33.8 Å². The highest BCUT2D eigenvalue weighted by molar-refractivity contribution is 7.47. The van der Waals surface area contributed by atoms with Crippen LogP contribution in [0.5, 0.6) is 0 Å². The minimum absolute atomic E-state index is 0.108. The Hall–Kier alpha value is -1.94. The lowest BCUT2D eigenvalue weighted by molar-refractivity contribution is -0.161. The Kier molecular flexibility index (Phi) is 76.0. The molecule has 0 amide bonds. The van der Waals surface area contributed by atoms with Crippen LogP contribution in [-0.2, 0) is 65.4 Å². The number of carbonyl (C=O) groups excluding carboxylic acids is 4. The van der Waals surface area contributed by atoms with Gasteiger partial charge in [-0.25, -0.2) is 9.13 Å². The fourth-order valence-electron chi connectivity index (χ4n) is 13.4. The van der Waals surface area contributed by atoms with Gasteiger partial charge in [-0.2, -0.15) is 0 Å². The summed E-state index contributed by atoms with van der Waals surface area (Å²) in [5, 5.41) is 10.7. The Balaban J connectivity index is 5.24. The average Bonchev–Trinajstić information content (AvgIpc) is 0.904. The summed E-state index contributed by atoms with van der Waals surface area (Å²) in [4.78, 5) is 73.2. The number of aliphatic hydroxyl groups excluding tert-OH is 1. The van der Waals surface area contributed by atoms with Crippen molar-refractivity contribution in [2.45, 2.75) is 477 Å². The van der Waals surface area contributed by atoms with Crippen LogP contribution >= 0.6 is 15.6 Å². The van der Waals surface area contributed by atoms with E-state index in [1.807, 2.05) is 0 Å². The number of phosphoric ester groups is 2.